The number of unbranched alkanes of at least 4 members (excludes halogenated alkanes) is 2. The molecule has 1 aromatic heterocycles. The summed E-state index contributed by atoms with van der Waals surface area (Å²) in [6, 6.07) is 1.45. The van der Waals surface area contributed by atoms with Crippen molar-refractivity contribution in [3.05, 3.63) is 16.5 Å². The Bertz CT molecular complexity index is 366. The van der Waals surface area contributed by atoms with E-state index in [1.807, 2.05) is 0 Å². The van der Waals surface area contributed by atoms with E-state index in [1.54, 1.807) is 0 Å². The molecule has 0 aliphatic carbocycles. The van der Waals surface area contributed by atoms with E-state index in [2.05, 4.69) is 15.3 Å². The van der Waals surface area contributed by atoms with Crippen molar-refractivity contribution in [3.63, 3.8) is 0 Å². The lowest BCUT2D eigenvalue weighted by atomic mass is 10.2. The predicted molar refractivity (Wildman–Crippen MR) is 68.2 cm³/mol. The zero-order valence-corrected chi connectivity index (χ0v) is 10.8. The number of nitrogens with one attached hydrogen (secondary N) is 1. The van der Waals surface area contributed by atoms with Gasteiger partial charge in [-0.3, -0.25) is 4.79 Å². The average molecular weight is 277 g/mol. The zero-order valence-electron chi connectivity index (χ0n) is 9.25. The lowest BCUT2D eigenvalue weighted by Crippen LogP contribution is -2.12. The van der Waals surface area contributed by atoms with Gasteiger partial charge in [0.2, 0.25) is 11.2 Å². The van der Waals surface area contributed by atoms with Crippen LogP contribution in [0.5, 0.6) is 0 Å². The SMILES string of the molecule is NCCCCCC(=O)Nc1cc(Cl)nc(Cl)n1. The summed E-state index contributed by atoms with van der Waals surface area (Å²) in [5.41, 5.74) is 5.36. The van der Waals surface area contributed by atoms with Gasteiger partial charge in [0, 0.05) is 12.5 Å². The summed E-state index contributed by atoms with van der Waals surface area (Å²) < 4.78 is 0. The van der Waals surface area contributed by atoms with Crippen LogP contribution in [0.3, 0.4) is 0 Å². The van der Waals surface area contributed by atoms with Gasteiger partial charge >= 0.3 is 0 Å². The van der Waals surface area contributed by atoms with Crippen molar-refractivity contribution in [1.29, 1.82) is 0 Å². The van der Waals surface area contributed by atoms with E-state index < -0.39 is 0 Å². The van der Waals surface area contributed by atoms with Gasteiger partial charge in [0.05, 0.1) is 0 Å². The van der Waals surface area contributed by atoms with Gasteiger partial charge < -0.3 is 11.1 Å². The van der Waals surface area contributed by atoms with E-state index in [0.29, 0.717) is 18.8 Å². The van der Waals surface area contributed by atoms with E-state index in [9.17, 15) is 4.79 Å². The summed E-state index contributed by atoms with van der Waals surface area (Å²) in [6.07, 6.45) is 3.10. The molecule has 0 fully saturated rings. The highest BCUT2D eigenvalue weighted by atomic mass is 35.5. The number of amides is 1. The van der Waals surface area contributed by atoms with Crippen LogP contribution in [0, 0.1) is 0 Å². The average Bonchev–Trinajstić information content (AvgIpc) is 2.23. The number of nitrogens with zero attached hydrogens (tertiary/aromatic N) is 2. The molecule has 0 saturated carbocycles. The molecule has 0 saturated heterocycles. The first-order valence-electron chi connectivity index (χ1n) is 5.32. The first-order valence-corrected chi connectivity index (χ1v) is 6.07. The van der Waals surface area contributed by atoms with E-state index in [4.69, 9.17) is 28.9 Å². The molecule has 0 aliphatic heterocycles. The highest BCUT2D eigenvalue weighted by Crippen LogP contribution is 2.14. The van der Waals surface area contributed by atoms with Crippen LogP contribution in [0.15, 0.2) is 6.07 Å². The van der Waals surface area contributed by atoms with Crippen molar-refractivity contribution in [2.45, 2.75) is 25.7 Å². The summed E-state index contributed by atoms with van der Waals surface area (Å²) in [4.78, 5) is 19.0. The quantitative estimate of drug-likeness (QED) is 0.474. The number of anilines is 1. The Morgan fingerprint density at radius 3 is 2.71 bits per heavy atom. The molecule has 0 aliphatic rings. The molecule has 1 rings (SSSR count). The van der Waals surface area contributed by atoms with Gasteiger partial charge in [-0.2, -0.15) is 0 Å². The van der Waals surface area contributed by atoms with Crippen molar-refractivity contribution < 1.29 is 4.79 Å². The number of hydrogen-bond acceptors (Lipinski definition) is 4. The molecule has 0 unspecified atom stereocenters. The number of halogens is 2. The minimum Gasteiger partial charge on any atom is -0.330 e. The summed E-state index contributed by atoms with van der Waals surface area (Å²) in [5, 5.41) is 2.82. The lowest BCUT2D eigenvalue weighted by molar-refractivity contribution is -0.116. The zero-order chi connectivity index (χ0) is 12.7. The first-order chi connectivity index (χ1) is 8.11. The molecule has 7 heteroatoms. The Hall–Kier alpha value is -0.910. The molecule has 3 N–H and O–H groups in total. The maximum Gasteiger partial charge on any atom is 0.225 e. The minimum absolute atomic E-state index is 0.0101. The molecule has 0 atom stereocenters. The third kappa shape index (κ3) is 5.81. The Morgan fingerprint density at radius 1 is 1.29 bits per heavy atom. The standard InChI is InChI=1S/C10H14Cl2N4O/c11-7-6-8(16-10(12)14-7)15-9(17)4-2-1-3-5-13/h6H,1-5,13H2,(H,14,15,16,17). The minimum atomic E-state index is -0.118. The van der Waals surface area contributed by atoms with Gasteiger partial charge in [-0.1, -0.05) is 18.0 Å². The van der Waals surface area contributed by atoms with E-state index in [0.717, 1.165) is 19.3 Å². The predicted octanol–water partition coefficient (Wildman–Crippen LogP) is 2.24. The molecule has 0 bridgehead atoms. The third-order valence-corrected chi connectivity index (χ3v) is 2.41. The van der Waals surface area contributed by atoms with Crippen LogP contribution in [0.25, 0.3) is 0 Å². The highest BCUT2D eigenvalue weighted by molar-refractivity contribution is 6.32. The van der Waals surface area contributed by atoms with Crippen molar-refractivity contribution >= 4 is 34.9 Å². The van der Waals surface area contributed by atoms with Crippen molar-refractivity contribution in [1.82, 2.24) is 9.97 Å². The molecule has 1 heterocycles. The van der Waals surface area contributed by atoms with Crippen LogP contribution in [0.1, 0.15) is 25.7 Å². The van der Waals surface area contributed by atoms with Gasteiger partial charge in [-0.15, -0.1) is 0 Å². The van der Waals surface area contributed by atoms with Crippen LogP contribution in [-0.4, -0.2) is 22.4 Å². The molecule has 5 nitrogen and oxygen atoms in total. The molecular weight excluding hydrogens is 263 g/mol. The second-order valence-corrected chi connectivity index (χ2v) is 4.22. The number of nitrogens with two attached hydrogens (primary N) is 1. The Labute approximate surface area is 110 Å². The van der Waals surface area contributed by atoms with Gasteiger partial charge in [0.1, 0.15) is 11.0 Å². The highest BCUT2D eigenvalue weighted by Gasteiger charge is 2.05. The smallest absolute Gasteiger partial charge is 0.225 e. The molecule has 0 radical (unpaired) electrons. The topological polar surface area (TPSA) is 80.9 Å². The van der Waals surface area contributed by atoms with Crippen molar-refractivity contribution in [3.8, 4) is 0 Å². The third-order valence-electron chi connectivity index (χ3n) is 2.04. The molecule has 0 spiro atoms. The summed E-state index contributed by atoms with van der Waals surface area (Å²) in [5.74, 6) is 0.201. The fourth-order valence-corrected chi connectivity index (χ4v) is 1.67. The summed E-state index contributed by atoms with van der Waals surface area (Å²) in [7, 11) is 0. The lowest BCUT2D eigenvalue weighted by Gasteiger charge is -2.04. The second kappa shape index (κ2) is 7.42. The summed E-state index contributed by atoms with van der Waals surface area (Å²) in [6.45, 7) is 0.652. The molecule has 94 valence electrons. The molecular formula is C10H14Cl2N4O. The maximum atomic E-state index is 11.5. The monoisotopic (exact) mass is 276 g/mol. The van der Waals surface area contributed by atoms with E-state index in [-0.39, 0.29) is 16.3 Å². The van der Waals surface area contributed by atoms with Crippen molar-refractivity contribution in [2.24, 2.45) is 5.73 Å². The van der Waals surface area contributed by atoms with E-state index >= 15 is 0 Å². The largest absolute Gasteiger partial charge is 0.330 e. The fraction of sp³-hybridized carbons (Fsp3) is 0.500. The second-order valence-electron chi connectivity index (χ2n) is 3.49. The Kier molecular flexibility index (Phi) is 6.18. The van der Waals surface area contributed by atoms with Crippen LogP contribution in [0.4, 0.5) is 5.82 Å². The van der Waals surface area contributed by atoms with E-state index in [1.165, 1.54) is 6.07 Å². The molecule has 17 heavy (non-hydrogen) atoms. The number of rotatable bonds is 6. The normalized spacial score (nSPS) is 10.3. The molecule has 1 aromatic rings. The number of hydrogen-bond donors (Lipinski definition) is 2. The first kappa shape index (κ1) is 14.2. The number of aromatic nitrogens is 2. The molecule has 1 amide bonds. The van der Waals surface area contributed by atoms with Gasteiger partial charge in [0.25, 0.3) is 0 Å². The fourth-order valence-electron chi connectivity index (χ4n) is 1.27. The van der Waals surface area contributed by atoms with Crippen molar-refractivity contribution in [2.75, 3.05) is 11.9 Å². The molecule has 0 aromatic carbocycles. The Balaban J connectivity index is 2.39. The number of carbonyl (C=O) groups is 1. The summed E-state index contributed by atoms with van der Waals surface area (Å²) >= 11 is 11.3. The number of carbonyl (C=O) groups excluding carboxylic acids is 1. The van der Waals surface area contributed by atoms with Crippen LogP contribution >= 0.6 is 23.2 Å². The van der Waals surface area contributed by atoms with Gasteiger partial charge in [-0.25, -0.2) is 9.97 Å². The van der Waals surface area contributed by atoms with Gasteiger partial charge in [-0.05, 0) is 31.0 Å². The van der Waals surface area contributed by atoms with Crippen LogP contribution in [-0.2, 0) is 4.79 Å². The van der Waals surface area contributed by atoms with Crippen LogP contribution < -0.4 is 11.1 Å². The maximum absolute atomic E-state index is 11.5. The van der Waals surface area contributed by atoms with Crippen LogP contribution in [0.2, 0.25) is 10.4 Å². The Morgan fingerprint density at radius 2 is 2.06 bits per heavy atom. The van der Waals surface area contributed by atoms with Gasteiger partial charge in [0.15, 0.2) is 0 Å².